The minimum Gasteiger partial charge on any atom is -0.478 e. The summed E-state index contributed by atoms with van der Waals surface area (Å²) < 4.78 is 41.8. The van der Waals surface area contributed by atoms with Crippen LogP contribution >= 0.6 is 0 Å². The van der Waals surface area contributed by atoms with E-state index in [0.29, 0.717) is 28.5 Å². The first-order valence-electron chi connectivity index (χ1n) is 10.1. The van der Waals surface area contributed by atoms with Gasteiger partial charge >= 0.3 is 12.5 Å². The zero-order valence-corrected chi connectivity index (χ0v) is 18.6. The van der Waals surface area contributed by atoms with E-state index in [0.717, 1.165) is 11.8 Å². The van der Waals surface area contributed by atoms with Gasteiger partial charge in [0.2, 0.25) is 0 Å². The number of nitrogens with one attached hydrogen (secondary N) is 1. The van der Waals surface area contributed by atoms with Gasteiger partial charge in [-0.25, -0.2) is 9.48 Å². The normalized spacial score (nSPS) is 11.7. The number of aromatic carboxylic acids is 1. The van der Waals surface area contributed by atoms with Crippen molar-refractivity contribution >= 4 is 22.6 Å². The Balaban J connectivity index is 0.00000158. The highest BCUT2D eigenvalue weighted by Gasteiger charge is 2.19. The lowest BCUT2D eigenvalue weighted by Gasteiger charge is -2.19. The zero-order valence-electron chi connectivity index (χ0n) is 18.6. The molecule has 0 fully saturated rings. The van der Waals surface area contributed by atoms with E-state index < -0.39 is 18.6 Å². The number of fused-ring (bicyclic) bond motifs is 1. The fourth-order valence-corrected chi connectivity index (χ4v) is 3.58. The van der Waals surface area contributed by atoms with Crippen LogP contribution in [0, 0.1) is 6.92 Å². The van der Waals surface area contributed by atoms with E-state index in [1.54, 1.807) is 24.3 Å². The van der Waals surface area contributed by atoms with Crippen LogP contribution in [0.3, 0.4) is 0 Å². The lowest BCUT2D eigenvalue weighted by molar-refractivity contribution is 0.0566. The molecule has 0 saturated carbocycles. The number of para-hydroxylation sites is 1. The Morgan fingerprint density at radius 1 is 1.18 bits per heavy atom. The summed E-state index contributed by atoms with van der Waals surface area (Å²) >= 11 is 0. The molecule has 0 spiro atoms. The van der Waals surface area contributed by atoms with E-state index in [2.05, 4.69) is 10.4 Å². The summed E-state index contributed by atoms with van der Waals surface area (Å²) in [5.41, 5.74) is 2.17. The van der Waals surface area contributed by atoms with Crippen molar-refractivity contribution < 1.29 is 27.5 Å². The van der Waals surface area contributed by atoms with Gasteiger partial charge in [0, 0.05) is 23.5 Å². The molecule has 0 aliphatic heterocycles. The number of aromatic nitrogens is 2. The van der Waals surface area contributed by atoms with Crippen molar-refractivity contribution in [3.63, 3.8) is 0 Å². The van der Waals surface area contributed by atoms with Gasteiger partial charge in [0.1, 0.15) is 11.3 Å². The van der Waals surface area contributed by atoms with Crippen molar-refractivity contribution in [2.24, 2.45) is 0 Å². The van der Waals surface area contributed by atoms with Crippen LogP contribution in [0.25, 0.3) is 22.3 Å². The highest BCUT2D eigenvalue weighted by Crippen LogP contribution is 2.31. The largest absolute Gasteiger partial charge is 0.478 e. The van der Waals surface area contributed by atoms with Gasteiger partial charge < -0.3 is 14.8 Å². The van der Waals surface area contributed by atoms with Gasteiger partial charge in [0.25, 0.3) is 0 Å². The zero-order chi connectivity index (χ0) is 25.0. The third-order valence-corrected chi connectivity index (χ3v) is 5.08. The van der Waals surface area contributed by atoms with Crippen molar-refractivity contribution in [1.29, 1.82) is 0 Å². The molecule has 7 nitrogen and oxygen atoms in total. The second kappa shape index (κ2) is 10.2. The van der Waals surface area contributed by atoms with E-state index in [9.17, 15) is 27.9 Å². The van der Waals surface area contributed by atoms with Crippen LogP contribution in [-0.4, -0.2) is 28.0 Å². The Morgan fingerprint density at radius 2 is 1.88 bits per heavy atom. The van der Waals surface area contributed by atoms with Crippen LogP contribution < -0.4 is 10.7 Å². The van der Waals surface area contributed by atoms with Gasteiger partial charge in [-0.1, -0.05) is 18.2 Å². The first kappa shape index (κ1) is 24.6. The molecule has 0 aliphatic rings. The Morgan fingerprint density at radius 3 is 2.53 bits per heavy atom. The molecular weight excluding hydrogens is 451 g/mol. The fourth-order valence-electron chi connectivity index (χ4n) is 3.58. The van der Waals surface area contributed by atoms with Gasteiger partial charge in [-0.05, 0) is 37.6 Å². The summed E-state index contributed by atoms with van der Waals surface area (Å²) in [5.74, 6) is -0.961. The smallest absolute Gasteiger partial charge is 0.337 e. The molecule has 4 rings (SSSR count). The minimum absolute atomic E-state index is 0.109. The predicted octanol–water partition coefficient (Wildman–Crippen LogP) is 5.82. The standard InChI is InChI=1S/C23H19F2N3O4.CH3F/c1-12-7-16(13(2)27-18-6-4-3-5-15(18)22(30)31)21-17(8-12)19(29)9-20(32-21)14-10-26-28(11-14)23(24)25;1-2/h3-11,13,23,27H,1-2H3,(H,30,31);1H3. The molecule has 34 heavy (non-hydrogen) atoms. The van der Waals surface area contributed by atoms with Gasteiger partial charge in [0.15, 0.2) is 5.43 Å². The maximum absolute atomic E-state index is 12.9. The number of rotatable bonds is 6. The maximum atomic E-state index is 12.9. The van der Waals surface area contributed by atoms with Gasteiger partial charge in [0.05, 0.1) is 35.9 Å². The third-order valence-electron chi connectivity index (χ3n) is 5.08. The van der Waals surface area contributed by atoms with Crippen LogP contribution in [0.5, 0.6) is 0 Å². The number of halogens is 3. The third kappa shape index (κ3) is 4.95. The summed E-state index contributed by atoms with van der Waals surface area (Å²) in [6.45, 7) is 0.836. The Labute approximate surface area is 192 Å². The van der Waals surface area contributed by atoms with Gasteiger partial charge in [-0.2, -0.15) is 13.9 Å². The second-order valence-electron chi connectivity index (χ2n) is 7.41. The molecule has 2 N–H and O–H groups in total. The average molecular weight is 473 g/mol. The number of carboxylic acids is 1. The number of hydrogen-bond donors (Lipinski definition) is 2. The van der Waals surface area contributed by atoms with Crippen molar-refractivity contribution in [2.45, 2.75) is 26.4 Å². The molecule has 0 saturated heterocycles. The quantitative estimate of drug-likeness (QED) is 0.366. The molecule has 0 amide bonds. The van der Waals surface area contributed by atoms with Crippen LogP contribution in [0.15, 0.2) is 64.1 Å². The van der Waals surface area contributed by atoms with E-state index in [1.165, 1.54) is 18.3 Å². The molecule has 2 aromatic heterocycles. The SMILES string of the molecule is CF.Cc1cc(C(C)Nc2ccccc2C(=O)O)c2oc(-c3cnn(C(F)F)c3)cc(=O)c2c1. The topological polar surface area (TPSA) is 97.4 Å². The lowest BCUT2D eigenvalue weighted by atomic mass is 10.0. The van der Waals surface area contributed by atoms with E-state index in [4.69, 9.17) is 4.42 Å². The maximum Gasteiger partial charge on any atom is 0.337 e. The molecule has 0 radical (unpaired) electrons. The van der Waals surface area contributed by atoms with Crippen molar-refractivity contribution in [3.05, 3.63) is 81.8 Å². The van der Waals surface area contributed by atoms with Crippen LogP contribution in [0.1, 0.15) is 41.0 Å². The molecule has 10 heteroatoms. The van der Waals surface area contributed by atoms with Gasteiger partial charge in [-0.15, -0.1) is 0 Å². The highest BCUT2D eigenvalue weighted by molar-refractivity contribution is 5.94. The fraction of sp³-hybridized carbons (Fsp3) is 0.208. The van der Waals surface area contributed by atoms with E-state index in [1.807, 2.05) is 19.9 Å². The number of carboxylic acid groups (broad SMARTS) is 1. The first-order valence-corrected chi connectivity index (χ1v) is 10.1. The summed E-state index contributed by atoms with van der Waals surface area (Å²) in [7, 11) is 0.500. The number of nitrogens with zero attached hydrogens (tertiary/aromatic N) is 2. The minimum atomic E-state index is -2.81. The van der Waals surface area contributed by atoms with Crippen molar-refractivity contribution in [2.75, 3.05) is 12.5 Å². The van der Waals surface area contributed by atoms with Crippen molar-refractivity contribution in [1.82, 2.24) is 9.78 Å². The molecule has 0 aliphatic carbocycles. The number of benzene rings is 2. The lowest BCUT2D eigenvalue weighted by Crippen LogP contribution is -2.12. The molecule has 2 heterocycles. The number of carbonyl (C=O) groups is 1. The van der Waals surface area contributed by atoms with Gasteiger partial charge in [-0.3, -0.25) is 9.18 Å². The monoisotopic (exact) mass is 473 g/mol. The first-order chi connectivity index (χ1) is 16.2. The molecule has 1 unspecified atom stereocenters. The predicted molar refractivity (Wildman–Crippen MR) is 122 cm³/mol. The average Bonchev–Trinajstić information content (AvgIpc) is 3.31. The molecule has 0 bridgehead atoms. The summed E-state index contributed by atoms with van der Waals surface area (Å²) in [4.78, 5) is 24.4. The summed E-state index contributed by atoms with van der Waals surface area (Å²) in [5, 5.41) is 16.5. The molecule has 1 atom stereocenters. The van der Waals surface area contributed by atoms with E-state index >= 15 is 0 Å². The highest BCUT2D eigenvalue weighted by atomic mass is 19.3. The molecule has 2 aromatic carbocycles. The Hall–Kier alpha value is -4.08. The Kier molecular flexibility index (Phi) is 7.40. The number of aryl methyl sites for hydroxylation is 1. The summed E-state index contributed by atoms with van der Waals surface area (Å²) in [6.07, 6.45) is 2.31. The van der Waals surface area contributed by atoms with Crippen molar-refractivity contribution in [3.8, 4) is 11.3 Å². The molecule has 178 valence electrons. The Bertz CT molecular complexity index is 1380. The van der Waals surface area contributed by atoms with Crippen LogP contribution in [0.2, 0.25) is 0 Å². The van der Waals surface area contributed by atoms with Crippen LogP contribution in [-0.2, 0) is 0 Å². The number of hydrogen-bond acceptors (Lipinski definition) is 5. The number of alkyl halides is 3. The second-order valence-corrected chi connectivity index (χ2v) is 7.41. The molecular formula is C24H22F3N3O4. The molecule has 4 aromatic rings. The number of anilines is 1. The van der Waals surface area contributed by atoms with Crippen LogP contribution in [0.4, 0.5) is 18.9 Å². The summed E-state index contributed by atoms with van der Waals surface area (Å²) in [6, 6.07) is 10.8. The van der Waals surface area contributed by atoms with E-state index in [-0.39, 0.29) is 27.9 Å².